The van der Waals surface area contributed by atoms with Gasteiger partial charge in [0, 0.05) is 11.8 Å². The third-order valence-electron chi connectivity index (χ3n) is 4.93. The Hall–Kier alpha value is -3.73. The lowest BCUT2D eigenvalue weighted by Crippen LogP contribution is -2.43. The van der Waals surface area contributed by atoms with Gasteiger partial charge in [-0.2, -0.15) is 0 Å². The van der Waals surface area contributed by atoms with Crippen LogP contribution >= 0.6 is 0 Å². The summed E-state index contributed by atoms with van der Waals surface area (Å²) in [6, 6.07) is 24.1. The molecule has 0 unspecified atom stereocenters. The third kappa shape index (κ3) is 3.94. The quantitative estimate of drug-likeness (QED) is 0.530. The summed E-state index contributed by atoms with van der Waals surface area (Å²) >= 11 is 0. The molecule has 0 fully saturated rings. The van der Waals surface area contributed by atoms with E-state index in [9.17, 15) is 9.59 Å². The van der Waals surface area contributed by atoms with Crippen LogP contribution in [0.5, 0.6) is 0 Å². The van der Waals surface area contributed by atoms with E-state index >= 15 is 0 Å². The molecule has 1 aromatic heterocycles. The monoisotopic (exact) mass is 384 g/mol. The first-order valence-electron chi connectivity index (χ1n) is 9.37. The maximum absolute atomic E-state index is 12.8. The molecule has 0 aliphatic heterocycles. The van der Waals surface area contributed by atoms with Crippen molar-refractivity contribution in [1.82, 2.24) is 10.3 Å². The Morgan fingerprint density at radius 3 is 2.45 bits per heavy atom. The molecule has 0 aliphatic carbocycles. The van der Waals surface area contributed by atoms with Crippen LogP contribution < -0.4 is 5.32 Å². The topological polar surface area (TPSA) is 68.3 Å². The van der Waals surface area contributed by atoms with Crippen molar-refractivity contribution in [2.45, 2.75) is 12.5 Å². The number of fused-ring (bicyclic) bond motifs is 2. The second kappa shape index (κ2) is 8.10. The molecule has 1 heterocycles. The van der Waals surface area contributed by atoms with Crippen LogP contribution in [0.15, 0.2) is 78.9 Å². The van der Waals surface area contributed by atoms with Crippen molar-refractivity contribution in [2.24, 2.45) is 0 Å². The molecule has 0 spiro atoms. The van der Waals surface area contributed by atoms with Crippen molar-refractivity contribution >= 4 is 33.6 Å². The summed E-state index contributed by atoms with van der Waals surface area (Å²) in [7, 11) is 1.32. The van der Waals surface area contributed by atoms with E-state index in [4.69, 9.17) is 4.74 Å². The molecule has 4 rings (SSSR count). The number of amides is 1. The van der Waals surface area contributed by atoms with Gasteiger partial charge < -0.3 is 10.1 Å². The van der Waals surface area contributed by atoms with Crippen LogP contribution in [-0.4, -0.2) is 30.0 Å². The number of aromatic nitrogens is 1. The summed E-state index contributed by atoms with van der Waals surface area (Å²) in [4.78, 5) is 29.6. The van der Waals surface area contributed by atoms with Crippen molar-refractivity contribution in [3.8, 4) is 0 Å². The number of nitrogens with zero attached hydrogens (tertiary/aromatic N) is 1. The number of ether oxygens (including phenoxy) is 1. The van der Waals surface area contributed by atoms with E-state index in [2.05, 4.69) is 10.3 Å². The highest BCUT2D eigenvalue weighted by Crippen LogP contribution is 2.20. The summed E-state index contributed by atoms with van der Waals surface area (Å²) in [5, 5.41) is 5.86. The number of rotatable bonds is 5. The van der Waals surface area contributed by atoms with Crippen LogP contribution in [0.3, 0.4) is 0 Å². The van der Waals surface area contributed by atoms with Crippen LogP contribution in [-0.2, 0) is 16.0 Å². The average Bonchev–Trinajstić information content (AvgIpc) is 2.77. The zero-order valence-corrected chi connectivity index (χ0v) is 16.0. The van der Waals surface area contributed by atoms with Gasteiger partial charge in [-0.3, -0.25) is 4.79 Å². The SMILES string of the molecule is COC(=O)[C@H](Cc1cccc2ccccc12)NC(=O)c1ccc2ccccc2n1. The highest BCUT2D eigenvalue weighted by molar-refractivity contribution is 5.97. The number of carbonyl (C=O) groups excluding carboxylic acids is 2. The summed E-state index contributed by atoms with van der Waals surface area (Å²) in [5.41, 5.74) is 1.95. The molecule has 1 amide bonds. The Kier molecular flexibility index (Phi) is 5.20. The molecule has 0 bridgehead atoms. The summed E-state index contributed by atoms with van der Waals surface area (Å²) < 4.78 is 4.93. The highest BCUT2D eigenvalue weighted by atomic mass is 16.5. The Morgan fingerprint density at radius 1 is 0.897 bits per heavy atom. The molecule has 0 aliphatic rings. The van der Waals surface area contributed by atoms with E-state index in [1.807, 2.05) is 72.8 Å². The molecular formula is C24H20N2O3. The van der Waals surface area contributed by atoms with E-state index < -0.39 is 17.9 Å². The molecule has 0 saturated carbocycles. The fourth-order valence-electron chi connectivity index (χ4n) is 3.45. The molecule has 5 heteroatoms. The minimum Gasteiger partial charge on any atom is -0.467 e. The zero-order chi connectivity index (χ0) is 20.2. The Morgan fingerprint density at radius 2 is 1.62 bits per heavy atom. The maximum Gasteiger partial charge on any atom is 0.328 e. The van der Waals surface area contributed by atoms with Gasteiger partial charge in [0.15, 0.2) is 0 Å². The number of benzene rings is 3. The lowest BCUT2D eigenvalue weighted by molar-refractivity contribution is -0.142. The van der Waals surface area contributed by atoms with E-state index in [1.54, 1.807) is 6.07 Å². The lowest BCUT2D eigenvalue weighted by Gasteiger charge is -2.17. The van der Waals surface area contributed by atoms with Gasteiger partial charge in [0.25, 0.3) is 5.91 Å². The number of methoxy groups -OCH3 is 1. The molecule has 1 atom stereocenters. The molecule has 0 radical (unpaired) electrons. The van der Waals surface area contributed by atoms with Crippen LogP contribution in [0, 0.1) is 0 Å². The summed E-state index contributed by atoms with van der Waals surface area (Å²) in [6.45, 7) is 0. The minimum absolute atomic E-state index is 0.260. The van der Waals surface area contributed by atoms with Crippen LogP contribution in [0.25, 0.3) is 21.7 Å². The smallest absolute Gasteiger partial charge is 0.328 e. The number of esters is 1. The number of pyridine rings is 1. The van der Waals surface area contributed by atoms with E-state index in [0.717, 1.165) is 27.2 Å². The van der Waals surface area contributed by atoms with Crippen LogP contribution in [0.4, 0.5) is 0 Å². The molecule has 5 nitrogen and oxygen atoms in total. The fourth-order valence-corrected chi connectivity index (χ4v) is 3.45. The van der Waals surface area contributed by atoms with E-state index in [0.29, 0.717) is 6.42 Å². The second-order valence-corrected chi connectivity index (χ2v) is 6.78. The summed E-state index contributed by atoms with van der Waals surface area (Å²) in [5.74, 6) is -0.904. The molecule has 3 aromatic carbocycles. The number of hydrogen-bond acceptors (Lipinski definition) is 4. The van der Waals surface area contributed by atoms with Gasteiger partial charge in [-0.25, -0.2) is 9.78 Å². The van der Waals surface area contributed by atoms with E-state index in [-0.39, 0.29) is 5.69 Å². The van der Waals surface area contributed by atoms with Gasteiger partial charge in [0.1, 0.15) is 11.7 Å². The zero-order valence-electron chi connectivity index (χ0n) is 16.0. The normalized spacial score (nSPS) is 11.9. The number of hydrogen-bond donors (Lipinski definition) is 1. The average molecular weight is 384 g/mol. The molecule has 29 heavy (non-hydrogen) atoms. The van der Waals surface area contributed by atoms with Crippen molar-refractivity contribution < 1.29 is 14.3 Å². The van der Waals surface area contributed by atoms with Crippen LogP contribution in [0.1, 0.15) is 16.1 Å². The third-order valence-corrected chi connectivity index (χ3v) is 4.93. The molecule has 0 saturated heterocycles. The van der Waals surface area contributed by atoms with Crippen molar-refractivity contribution in [1.29, 1.82) is 0 Å². The van der Waals surface area contributed by atoms with Gasteiger partial charge >= 0.3 is 5.97 Å². The highest BCUT2D eigenvalue weighted by Gasteiger charge is 2.24. The summed E-state index contributed by atoms with van der Waals surface area (Å²) in [6.07, 6.45) is 0.327. The first-order valence-corrected chi connectivity index (χ1v) is 9.37. The lowest BCUT2D eigenvalue weighted by atomic mass is 9.98. The Balaban J connectivity index is 1.61. The van der Waals surface area contributed by atoms with Crippen LogP contribution in [0.2, 0.25) is 0 Å². The second-order valence-electron chi connectivity index (χ2n) is 6.78. The minimum atomic E-state index is -0.813. The maximum atomic E-state index is 12.8. The van der Waals surface area contributed by atoms with Crippen molar-refractivity contribution in [2.75, 3.05) is 7.11 Å². The standard InChI is InChI=1S/C24H20N2O3/c1-29-24(28)22(15-18-10-6-9-16-7-2-4-11-19(16)18)26-23(27)21-14-13-17-8-3-5-12-20(17)25-21/h2-14,22H,15H2,1H3,(H,26,27)/t22-/m0/s1. The molecular weight excluding hydrogens is 364 g/mol. The Labute approximate surface area is 168 Å². The van der Waals surface area contributed by atoms with Gasteiger partial charge in [0.2, 0.25) is 0 Å². The van der Waals surface area contributed by atoms with Crippen molar-refractivity contribution in [3.63, 3.8) is 0 Å². The van der Waals surface area contributed by atoms with Gasteiger partial charge in [-0.15, -0.1) is 0 Å². The molecule has 144 valence electrons. The van der Waals surface area contributed by atoms with Crippen molar-refractivity contribution in [3.05, 3.63) is 90.1 Å². The Bertz CT molecular complexity index is 1200. The largest absolute Gasteiger partial charge is 0.467 e. The molecule has 4 aromatic rings. The molecule has 1 N–H and O–H groups in total. The van der Waals surface area contributed by atoms with Gasteiger partial charge in [0.05, 0.1) is 12.6 Å². The fraction of sp³-hybridized carbons (Fsp3) is 0.125. The predicted molar refractivity (Wildman–Crippen MR) is 113 cm³/mol. The van der Waals surface area contributed by atoms with E-state index in [1.165, 1.54) is 7.11 Å². The first-order chi connectivity index (χ1) is 14.2. The first kappa shape index (κ1) is 18.6. The van der Waals surface area contributed by atoms with Gasteiger partial charge in [-0.1, -0.05) is 66.7 Å². The number of carbonyl (C=O) groups is 2. The predicted octanol–water partition coefficient (Wildman–Crippen LogP) is 3.90. The van der Waals surface area contributed by atoms with Gasteiger partial charge in [-0.05, 0) is 28.5 Å². The number of para-hydroxylation sites is 1. The number of nitrogens with one attached hydrogen (secondary N) is 1.